The molecule has 2 rings (SSSR count). The summed E-state index contributed by atoms with van der Waals surface area (Å²) in [5.74, 6) is 1.58. The Balaban J connectivity index is 1.90. The Bertz CT molecular complexity index is 647. The monoisotopic (exact) mass is 329 g/mol. The number of amides is 1. The van der Waals surface area contributed by atoms with E-state index < -0.39 is 0 Å². The number of carbonyl (C=O) groups is 1. The second kappa shape index (κ2) is 8.62. The Morgan fingerprint density at radius 2 is 1.92 bits per heavy atom. The van der Waals surface area contributed by atoms with Crippen LogP contribution in [0.4, 0.5) is 0 Å². The largest absolute Gasteiger partial charge is 0.354 e. The molecule has 1 aromatic carbocycles. The van der Waals surface area contributed by atoms with Crippen molar-refractivity contribution in [2.75, 3.05) is 0 Å². The third-order valence-corrected chi connectivity index (χ3v) is 4.00. The second-order valence-corrected chi connectivity index (χ2v) is 6.55. The Labute approximate surface area is 143 Å². The number of benzene rings is 1. The molecule has 1 aromatic heterocycles. The molecule has 24 heavy (non-hydrogen) atoms. The maximum Gasteiger partial charge on any atom is 0.227 e. The quantitative estimate of drug-likeness (QED) is 0.792. The van der Waals surface area contributed by atoms with E-state index >= 15 is 0 Å². The molecule has 2 aromatic rings. The van der Waals surface area contributed by atoms with Crippen LogP contribution >= 0.6 is 0 Å². The lowest BCUT2D eigenvalue weighted by Gasteiger charge is -2.11. The van der Waals surface area contributed by atoms with E-state index in [9.17, 15) is 4.79 Å². The van der Waals surface area contributed by atoms with Crippen molar-refractivity contribution in [3.05, 3.63) is 35.7 Å². The molecule has 0 saturated carbocycles. The van der Waals surface area contributed by atoms with Gasteiger partial charge < -0.3 is 9.84 Å². The molecule has 1 atom stereocenters. The molecule has 1 amide bonds. The van der Waals surface area contributed by atoms with Crippen LogP contribution in [0.15, 0.2) is 28.8 Å². The maximum atomic E-state index is 11.9. The molecular formula is C19H27N3O2. The van der Waals surface area contributed by atoms with Gasteiger partial charge >= 0.3 is 0 Å². The molecule has 5 heteroatoms. The van der Waals surface area contributed by atoms with Gasteiger partial charge in [-0.3, -0.25) is 4.79 Å². The first-order valence-electron chi connectivity index (χ1n) is 8.71. The molecule has 0 radical (unpaired) electrons. The molecule has 1 N–H and O–H groups in total. The van der Waals surface area contributed by atoms with E-state index in [0.717, 1.165) is 18.4 Å². The number of aryl methyl sites for hydroxylation is 1. The van der Waals surface area contributed by atoms with Gasteiger partial charge in [0.15, 0.2) is 0 Å². The fourth-order valence-corrected chi connectivity index (χ4v) is 2.56. The lowest BCUT2D eigenvalue weighted by molar-refractivity contribution is -0.121. The maximum absolute atomic E-state index is 11.9. The molecule has 0 aliphatic heterocycles. The molecule has 0 spiro atoms. The molecule has 0 saturated heterocycles. The highest BCUT2D eigenvalue weighted by atomic mass is 16.5. The van der Waals surface area contributed by atoms with Crippen LogP contribution in [-0.2, 0) is 11.2 Å². The van der Waals surface area contributed by atoms with Gasteiger partial charge in [-0.1, -0.05) is 56.6 Å². The van der Waals surface area contributed by atoms with Crippen LogP contribution in [0, 0.1) is 0 Å². The molecule has 0 aliphatic carbocycles. The van der Waals surface area contributed by atoms with E-state index in [0.29, 0.717) is 30.5 Å². The summed E-state index contributed by atoms with van der Waals surface area (Å²) in [7, 11) is 0. The van der Waals surface area contributed by atoms with E-state index in [2.05, 4.69) is 48.4 Å². The first-order valence-corrected chi connectivity index (χ1v) is 8.71. The SMILES string of the molecule is CCC[C@H](C)NC(=O)CCc1nc(-c2ccc(C(C)C)cc2)no1. The van der Waals surface area contributed by atoms with Crippen molar-refractivity contribution in [1.29, 1.82) is 0 Å². The summed E-state index contributed by atoms with van der Waals surface area (Å²) in [6, 6.07) is 8.38. The van der Waals surface area contributed by atoms with Crippen LogP contribution in [0.25, 0.3) is 11.4 Å². The summed E-state index contributed by atoms with van der Waals surface area (Å²) < 4.78 is 5.26. The zero-order valence-electron chi connectivity index (χ0n) is 15.0. The van der Waals surface area contributed by atoms with Crippen molar-refractivity contribution >= 4 is 5.91 Å². The minimum Gasteiger partial charge on any atom is -0.354 e. The zero-order chi connectivity index (χ0) is 17.5. The van der Waals surface area contributed by atoms with E-state index in [-0.39, 0.29) is 11.9 Å². The highest BCUT2D eigenvalue weighted by molar-refractivity contribution is 5.76. The third kappa shape index (κ3) is 5.18. The average Bonchev–Trinajstić information content (AvgIpc) is 3.02. The summed E-state index contributed by atoms with van der Waals surface area (Å²) in [6.45, 7) is 8.45. The van der Waals surface area contributed by atoms with Gasteiger partial charge in [-0.25, -0.2) is 0 Å². The number of hydrogen-bond donors (Lipinski definition) is 1. The van der Waals surface area contributed by atoms with Crippen molar-refractivity contribution in [3.8, 4) is 11.4 Å². The van der Waals surface area contributed by atoms with Crippen molar-refractivity contribution in [3.63, 3.8) is 0 Å². The Morgan fingerprint density at radius 3 is 2.54 bits per heavy atom. The van der Waals surface area contributed by atoms with Crippen LogP contribution in [0.5, 0.6) is 0 Å². The number of nitrogens with zero attached hydrogens (tertiary/aromatic N) is 2. The molecule has 130 valence electrons. The fourth-order valence-electron chi connectivity index (χ4n) is 2.56. The van der Waals surface area contributed by atoms with Crippen LogP contribution in [0.1, 0.15) is 64.3 Å². The summed E-state index contributed by atoms with van der Waals surface area (Å²) in [4.78, 5) is 16.3. The van der Waals surface area contributed by atoms with Crippen LogP contribution in [-0.4, -0.2) is 22.1 Å². The highest BCUT2D eigenvalue weighted by Gasteiger charge is 2.12. The Morgan fingerprint density at radius 1 is 1.21 bits per heavy atom. The molecule has 1 heterocycles. The van der Waals surface area contributed by atoms with Gasteiger partial charge in [0, 0.05) is 24.4 Å². The van der Waals surface area contributed by atoms with Gasteiger partial charge in [-0.15, -0.1) is 0 Å². The van der Waals surface area contributed by atoms with Crippen LogP contribution < -0.4 is 5.32 Å². The minimum absolute atomic E-state index is 0.0250. The third-order valence-electron chi connectivity index (χ3n) is 4.00. The first kappa shape index (κ1) is 18.2. The number of rotatable bonds is 8. The zero-order valence-corrected chi connectivity index (χ0v) is 15.0. The average molecular weight is 329 g/mol. The molecule has 0 bridgehead atoms. The molecular weight excluding hydrogens is 302 g/mol. The Kier molecular flexibility index (Phi) is 6.53. The van der Waals surface area contributed by atoms with E-state index in [1.54, 1.807) is 0 Å². The highest BCUT2D eigenvalue weighted by Crippen LogP contribution is 2.20. The van der Waals surface area contributed by atoms with E-state index in [1.807, 2.05) is 19.1 Å². The van der Waals surface area contributed by atoms with Gasteiger partial charge in [0.05, 0.1) is 0 Å². The topological polar surface area (TPSA) is 68.0 Å². The number of aromatic nitrogens is 2. The lowest BCUT2D eigenvalue weighted by atomic mass is 10.0. The molecule has 0 aliphatic rings. The van der Waals surface area contributed by atoms with E-state index in [1.165, 1.54) is 5.56 Å². The van der Waals surface area contributed by atoms with Gasteiger partial charge in [-0.2, -0.15) is 4.98 Å². The standard InChI is InChI=1S/C19H27N3O2/c1-5-6-14(4)20-17(23)11-12-18-21-19(22-24-18)16-9-7-15(8-10-16)13(2)3/h7-10,13-14H,5-6,11-12H2,1-4H3,(H,20,23)/t14-/m0/s1. The van der Waals surface area contributed by atoms with Gasteiger partial charge in [0.2, 0.25) is 17.6 Å². The number of nitrogens with one attached hydrogen (secondary N) is 1. The van der Waals surface area contributed by atoms with Crippen LogP contribution in [0.2, 0.25) is 0 Å². The smallest absolute Gasteiger partial charge is 0.227 e. The second-order valence-electron chi connectivity index (χ2n) is 6.55. The Hall–Kier alpha value is -2.17. The number of hydrogen-bond acceptors (Lipinski definition) is 4. The normalized spacial score (nSPS) is 12.4. The first-order chi connectivity index (χ1) is 11.5. The fraction of sp³-hybridized carbons (Fsp3) is 0.526. The predicted octanol–water partition coefficient (Wildman–Crippen LogP) is 4.10. The van der Waals surface area contributed by atoms with Crippen molar-refractivity contribution in [2.45, 2.75) is 65.3 Å². The minimum atomic E-state index is 0.0250. The van der Waals surface area contributed by atoms with Gasteiger partial charge in [-0.05, 0) is 24.8 Å². The van der Waals surface area contributed by atoms with Crippen molar-refractivity contribution < 1.29 is 9.32 Å². The van der Waals surface area contributed by atoms with Gasteiger partial charge in [0.25, 0.3) is 0 Å². The molecule has 0 unspecified atom stereocenters. The molecule has 5 nitrogen and oxygen atoms in total. The van der Waals surface area contributed by atoms with E-state index in [4.69, 9.17) is 4.52 Å². The number of carbonyl (C=O) groups excluding carboxylic acids is 1. The lowest BCUT2D eigenvalue weighted by Crippen LogP contribution is -2.32. The predicted molar refractivity (Wildman–Crippen MR) is 94.7 cm³/mol. The van der Waals surface area contributed by atoms with Crippen LogP contribution in [0.3, 0.4) is 0 Å². The van der Waals surface area contributed by atoms with Crippen molar-refractivity contribution in [2.24, 2.45) is 0 Å². The summed E-state index contributed by atoms with van der Waals surface area (Å²) >= 11 is 0. The molecule has 0 fully saturated rings. The summed E-state index contributed by atoms with van der Waals surface area (Å²) in [6.07, 6.45) is 2.87. The summed E-state index contributed by atoms with van der Waals surface area (Å²) in [5.41, 5.74) is 2.20. The van der Waals surface area contributed by atoms with Gasteiger partial charge in [0.1, 0.15) is 0 Å². The van der Waals surface area contributed by atoms with Crippen molar-refractivity contribution in [1.82, 2.24) is 15.5 Å². The summed E-state index contributed by atoms with van der Waals surface area (Å²) in [5, 5.41) is 6.99.